The molecular formula is C19H17BO3. The first kappa shape index (κ1) is 14.3. The lowest BCUT2D eigenvalue weighted by atomic mass is 9.77. The fourth-order valence-corrected chi connectivity index (χ4v) is 3.39. The van der Waals surface area contributed by atoms with Gasteiger partial charge < -0.3 is 14.5 Å². The van der Waals surface area contributed by atoms with Crippen LogP contribution >= 0.6 is 0 Å². The predicted molar refractivity (Wildman–Crippen MR) is 95.1 cm³/mol. The largest absolute Gasteiger partial charge is 0.492 e. The third-order valence-corrected chi connectivity index (χ3v) is 4.47. The second kappa shape index (κ2) is 5.12. The van der Waals surface area contributed by atoms with Gasteiger partial charge in [0.1, 0.15) is 11.2 Å². The lowest BCUT2D eigenvalue weighted by Gasteiger charge is -2.12. The maximum atomic E-state index is 9.83. The maximum absolute atomic E-state index is 9.83. The molecule has 0 aliphatic heterocycles. The fourth-order valence-electron chi connectivity index (χ4n) is 3.39. The van der Waals surface area contributed by atoms with Gasteiger partial charge in [-0.3, -0.25) is 0 Å². The molecule has 0 aliphatic carbocycles. The minimum atomic E-state index is -1.57. The Morgan fingerprint density at radius 3 is 2.39 bits per heavy atom. The highest BCUT2D eigenvalue weighted by Gasteiger charge is 2.23. The molecule has 0 spiro atoms. The summed E-state index contributed by atoms with van der Waals surface area (Å²) in [5, 5.41) is 23.7. The van der Waals surface area contributed by atoms with Crippen molar-refractivity contribution in [2.45, 2.75) is 19.8 Å². The molecule has 0 bridgehead atoms. The van der Waals surface area contributed by atoms with Crippen molar-refractivity contribution in [2.24, 2.45) is 0 Å². The van der Waals surface area contributed by atoms with Gasteiger partial charge in [-0.05, 0) is 28.3 Å². The highest BCUT2D eigenvalue weighted by Crippen LogP contribution is 2.36. The normalized spacial score (nSPS) is 11.9. The zero-order chi connectivity index (χ0) is 16.1. The van der Waals surface area contributed by atoms with E-state index in [0.717, 1.165) is 27.1 Å². The molecule has 4 heteroatoms. The number of para-hydroxylation sites is 1. The van der Waals surface area contributed by atoms with Crippen molar-refractivity contribution in [3.8, 4) is 0 Å². The number of rotatable bonds is 2. The van der Waals surface area contributed by atoms with Gasteiger partial charge in [-0.1, -0.05) is 56.3 Å². The molecule has 0 amide bonds. The van der Waals surface area contributed by atoms with Crippen molar-refractivity contribution >= 4 is 45.3 Å². The molecule has 0 saturated heterocycles. The second-order valence-corrected chi connectivity index (χ2v) is 6.24. The third kappa shape index (κ3) is 2.06. The van der Waals surface area contributed by atoms with Crippen LogP contribution in [0.15, 0.2) is 52.9 Å². The van der Waals surface area contributed by atoms with E-state index in [1.807, 2.05) is 36.4 Å². The molecule has 3 nitrogen and oxygen atoms in total. The van der Waals surface area contributed by atoms with Gasteiger partial charge >= 0.3 is 7.12 Å². The van der Waals surface area contributed by atoms with Crippen LogP contribution in [0.25, 0.3) is 32.7 Å². The van der Waals surface area contributed by atoms with Gasteiger partial charge in [0, 0.05) is 16.2 Å². The van der Waals surface area contributed by atoms with Crippen LogP contribution in [0.2, 0.25) is 0 Å². The van der Waals surface area contributed by atoms with Crippen LogP contribution in [0.1, 0.15) is 25.3 Å². The predicted octanol–water partition coefficient (Wildman–Crippen LogP) is 3.54. The Balaban J connectivity index is 2.30. The van der Waals surface area contributed by atoms with Crippen LogP contribution in [-0.4, -0.2) is 17.2 Å². The molecule has 0 unspecified atom stereocenters. The molecule has 23 heavy (non-hydrogen) atoms. The molecule has 0 saturated carbocycles. The van der Waals surface area contributed by atoms with Crippen LogP contribution in [-0.2, 0) is 0 Å². The molecule has 4 rings (SSSR count). The Labute approximate surface area is 134 Å². The average Bonchev–Trinajstić information content (AvgIpc) is 2.92. The summed E-state index contributed by atoms with van der Waals surface area (Å²) in [5.41, 5.74) is 2.91. The minimum absolute atomic E-state index is 0.345. The molecule has 0 atom stereocenters. The number of fused-ring (bicyclic) bond motifs is 5. The topological polar surface area (TPSA) is 53.6 Å². The standard InChI is InChI=1S/C19H17BO3/c1-11(2)12-7-5-8-13-15(12)10-16(20(21)22)19-18(13)14-6-3-4-9-17(14)23-19/h3-11,21-22H,1-2H3. The molecule has 4 aromatic rings. The van der Waals surface area contributed by atoms with E-state index >= 15 is 0 Å². The van der Waals surface area contributed by atoms with Gasteiger partial charge in [0.05, 0.1) is 0 Å². The second-order valence-electron chi connectivity index (χ2n) is 6.24. The summed E-state index contributed by atoms with van der Waals surface area (Å²) < 4.78 is 5.93. The number of hydrogen-bond donors (Lipinski definition) is 2. The molecule has 1 aromatic heterocycles. The summed E-state index contributed by atoms with van der Waals surface area (Å²) in [4.78, 5) is 0. The van der Waals surface area contributed by atoms with Crippen molar-refractivity contribution in [3.05, 3.63) is 54.1 Å². The molecule has 114 valence electrons. The van der Waals surface area contributed by atoms with Gasteiger partial charge in [-0.2, -0.15) is 0 Å². The number of furan rings is 1. The molecule has 0 fully saturated rings. The van der Waals surface area contributed by atoms with E-state index in [4.69, 9.17) is 4.42 Å². The monoisotopic (exact) mass is 304 g/mol. The number of benzene rings is 3. The van der Waals surface area contributed by atoms with Crippen LogP contribution in [0.3, 0.4) is 0 Å². The van der Waals surface area contributed by atoms with E-state index in [0.29, 0.717) is 17.0 Å². The first-order valence-electron chi connectivity index (χ1n) is 7.81. The van der Waals surface area contributed by atoms with Gasteiger partial charge in [-0.15, -0.1) is 0 Å². The van der Waals surface area contributed by atoms with E-state index in [1.165, 1.54) is 5.56 Å². The molecule has 3 aromatic carbocycles. The maximum Gasteiger partial charge on any atom is 0.492 e. The average molecular weight is 304 g/mol. The van der Waals surface area contributed by atoms with Crippen molar-refractivity contribution < 1.29 is 14.5 Å². The third-order valence-electron chi connectivity index (χ3n) is 4.47. The van der Waals surface area contributed by atoms with E-state index in [1.54, 1.807) is 0 Å². The SMILES string of the molecule is CC(C)c1cccc2c1cc(B(O)O)c1oc3ccccc3c12. The van der Waals surface area contributed by atoms with E-state index in [-0.39, 0.29) is 0 Å². The molecule has 2 N–H and O–H groups in total. The minimum Gasteiger partial charge on any atom is -0.456 e. The highest BCUT2D eigenvalue weighted by molar-refractivity contribution is 6.62. The van der Waals surface area contributed by atoms with E-state index < -0.39 is 7.12 Å². The highest BCUT2D eigenvalue weighted by atomic mass is 16.4. The fraction of sp³-hybridized carbons (Fsp3) is 0.158. The van der Waals surface area contributed by atoms with E-state index in [9.17, 15) is 10.0 Å². The van der Waals surface area contributed by atoms with Crippen molar-refractivity contribution in [3.63, 3.8) is 0 Å². The Morgan fingerprint density at radius 2 is 1.65 bits per heavy atom. The lowest BCUT2D eigenvalue weighted by molar-refractivity contribution is 0.425. The van der Waals surface area contributed by atoms with Crippen LogP contribution in [0.4, 0.5) is 0 Å². The summed E-state index contributed by atoms with van der Waals surface area (Å²) in [7, 11) is -1.57. The molecule has 0 aliphatic rings. The Morgan fingerprint density at radius 1 is 0.913 bits per heavy atom. The smallest absolute Gasteiger partial charge is 0.456 e. The van der Waals surface area contributed by atoms with Crippen LogP contribution in [0, 0.1) is 0 Å². The lowest BCUT2D eigenvalue weighted by Crippen LogP contribution is -2.30. The van der Waals surface area contributed by atoms with Gasteiger partial charge in [0.25, 0.3) is 0 Å². The molecule has 0 radical (unpaired) electrons. The molecule has 1 heterocycles. The van der Waals surface area contributed by atoms with Gasteiger partial charge in [-0.25, -0.2) is 0 Å². The molecular weight excluding hydrogens is 287 g/mol. The Bertz CT molecular complexity index is 1030. The first-order valence-corrected chi connectivity index (χ1v) is 7.81. The summed E-state index contributed by atoms with van der Waals surface area (Å²) in [6.45, 7) is 4.28. The zero-order valence-electron chi connectivity index (χ0n) is 13.1. The van der Waals surface area contributed by atoms with Crippen molar-refractivity contribution in [2.75, 3.05) is 0 Å². The summed E-state index contributed by atoms with van der Waals surface area (Å²) in [5.74, 6) is 0.345. The summed E-state index contributed by atoms with van der Waals surface area (Å²) in [6.07, 6.45) is 0. The quantitative estimate of drug-likeness (QED) is 0.557. The van der Waals surface area contributed by atoms with Crippen molar-refractivity contribution in [1.29, 1.82) is 0 Å². The first-order chi connectivity index (χ1) is 11.1. The van der Waals surface area contributed by atoms with Crippen molar-refractivity contribution in [1.82, 2.24) is 0 Å². The Hall–Kier alpha value is -2.30. The number of hydrogen-bond acceptors (Lipinski definition) is 3. The summed E-state index contributed by atoms with van der Waals surface area (Å²) in [6, 6.07) is 15.9. The van der Waals surface area contributed by atoms with Crippen LogP contribution in [0.5, 0.6) is 0 Å². The zero-order valence-corrected chi connectivity index (χ0v) is 13.1. The Kier molecular flexibility index (Phi) is 3.18. The van der Waals surface area contributed by atoms with Gasteiger partial charge in [0.2, 0.25) is 0 Å². The van der Waals surface area contributed by atoms with Crippen LogP contribution < -0.4 is 5.46 Å². The van der Waals surface area contributed by atoms with E-state index in [2.05, 4.69) is 26.0 Å². The van der Waals surface area contributed by atoms with Gasteiger partial charge in [0.15, 0.2) is 0 Å². The summed E-state index contributed by atoms with van der Waals surface area (Å²) >= 11 is 0.